The lowest BCUT2D eigenvalue weighted by Crippen LogP contribution is -2.29. The maximum atomic E-state index is 12.2. The second-order valence-corrected chi connectivity index (χ2v) is 9.25. The third-order valence-corrected chi connectivity index (χ3v) is 7.49. The van der Waals surface area contributed by atoms with Gasteiger partial charge < -0.3 is 5.32 Å². The van der Waals surface area contributed by atoms with Crippen LogP contribution in [-0.2, 0) is 16.6 Å². The van der Waals surface area contributed by atoms with E-state index in [0.717, 1.165) is 37.2 Å². The molecule has 0 aromatic carbocycles. The molecule has 114 valence electrons. The molecule has 1 atom stereocenters. The lowest BCUT2D eigenvalue weighted by molar-refractivity contribution is 0.581. The van der Waals surface area contributed by atoms with Gasteiger partial charge in [-0.3, -0.25) is 0 Å². The average molecular weight is 335 g/mol. The number of sulfonamides is 1. The molecule has 2 N–H and O–H groups in total. The van der Waals surface area contributed by atoms with Gasteiger partial charge in [-0.1, -0.05) is 6.92 Å². The predicted octanol–water partition coefficient (Wildman–Crippen LogP) is 2.42. The molecule has 1 unspecified atom stereocenters. The summed E-state index contributed by atoms with van der Waals surface area (Å²) in [5.74, 6) is 1.15. The van der Waals surface area contributed by atoms with E-state index in [1.165, 1.54) is 17.8 Å². The highest BCUT2D eigenvalue weighted by atomic mass is 32.2. The molecule has 1 saturated heterocycles. The van der Waals surface area contributed by atoms with Crippen LogP contribution in [0, 0.1) is 0 Å². The first-order valence-electron chi connectivity index (χ1n) is 7.01. The maximum absolute atomic E-state index is 12.2. The van der Waals surface area contributed by atoms with Crippen molar-refractivity contribution in [1.82, 2.24) is 10.0 Å². The zero-order chi connectivity index (χ0) is 14.4. The van der Waals surface area contributed by atoms with Crippen molar-refractivity contribution in [2.24, 2.45) is 0 Å². The fourth-order valence-electron chi connectivity index (χ4n) is 2.08. The summed E-state index contributed by atoms with van der Waals surface area (Å²) in [6.45, 7) is 4.35. The Morgan fingerprint density at radius 1 is 1.45 bits per heavy atom. The van der Waals surface area contributed by atoms with E-state index in [0.29, 0.717) is 16.0 Å². The number of thioether (sulfide) groups is 1. The summed E-state index contributed by atoms with van der Waals surface area (Å²) >= 11 is 3.16. The number of hydrogen-bond donors (Lipinski definition) is 2. The lowest BCUT2D eigenvalue weighted by Gasteiger charge is -2.09. The van der Waals surface area contributed by atoms with Gasteiger partial charge in [0.2, 0.25) is 10.0 Å². The quantitative estimate of drug-likeness (QED) is 0.717. The summed E-state index contributed by atoms with van der Waals surface area (Å²) in [5.41, 5.74) is 1.04. The van der Waals surface area contributed by atoms with E-state index >= 15 is 0 Å². The maximum Gasteiger partial charge on any atom is 0.250 e. The first-order valence-corrected chi connectivity index (χ1v) is 10.4. The van der Waals surface area contributed by atoms with Crippen molar-refractivity contribution in [3.63, 3.8) is 0 Å². The van der Waals surface area contributed by atoms with Crippen LogP contribution >= 0.6 is 23.1 Å². The van der Waals surface area contributed by atoms with Gasteiger partial charge in [0, 0.05) is 18.3 Å². The number of thiophene rings is 1. The SMILES string of the molecule is CCCNCc1csc(S(=O)(=O)NCC2CCCS2)c1. The predicted molar refractivity (Wildman–Crippen MR) is 87.0 cm³/mol. The molecule has 0 radical (unpaired) electrons. The van der Waals surface area contributed by atoms with E-state index in [4.69, 9.17) is 0 Å². The van der Waals surface area contributed by atoms with Crippen LogP contribution in [0.3, 0.4) is 0 Å². The van der Waals surface area contributed by atoms with Crippen molar-refractivity contribution in [3.8, 4) is 0 Å². The summed E-state index contributed by atoms with van der Waals surface area (Å²) in [5, 5.41) is 5.64. The standard InChI is InChI=1S/C13H22N2O2S3/c1-2-5-14-8-11-7-13(19-10-11)20(16,17)15-9-12-4-3-6-18-12/h7,10,12,14-15H,2-6,8-9H2,1H3. The Hall–Kier alpha value is -0.0800. The van der Waals surface area contributed by atoms with Gasteiger partial charge in [-0.25, -0.2) is 13.1 Å². The first-order chi connectivity index (χ1) is 9.62. The molecular weight excluding hydrogens is 312 g/mol. The van der Waals surface area contributed by atoms with Crippen LogP contribution in [-0.4, -0.2) is 32.5 Å². The normalized spacial score (nSPS) is 19.6. The fraction of sp³-hybridized carbons (Fsp3) is 0.692. The molecule has 2 rings (SSSR count). The third-order valence-electron chi connectivity index (χ3n) is 3.18. The third kappa shape index (κ3) is 4.73. The summed E-state index contributed by atoms with van der Waals surface area (Å²) in [6, 6.07) is 1.78. The Labute approximate surface area is 129 Å². The summed E-state index contributed by atoms with van der Waals surface area (Å²) < 4.78 is 27.6. The lowest BCUT2D eigenvalue weighted by atomic mass is 10.2. The molecule has 1 aromatic rings. The Kier molecular flexibility index (Phi) is 6.35. The fourth-order valence-corrected chi connectivity index (χ4v) is 5.72. The smallest absolute Gasteiger partial charge is 0.250 e. The minimum Gasteiger partial charge on any atom is -0.313 e. The van der Waals surface area contributed by atoms with Crippen LogP contribution in [0.2, 0.25) is 0 Å². The van der Waals surface area contributed by atoms with Crippen LogP contribution in [0.15, 0.2) is 15.7 Å². The molecule has 0 aliphatic carbocycles. The van der Waals surface area contributed by atoms with Gasteiger partial charge in [0.1, 0.15) is 4.21 Å². The van der Waals surface area contributed by atoms with Crippen LogP contribution in [0.1, 0.15) is 31.7 Å². The Morgan fingerprint density at radius 3 is 3.00 bits per heavy atom. The van der Waals surface area contributed by atoms with E-state index in [-0.39, 0.29) is 0 Å². The van der Waals surface area contributed by atoms with Gasteiger partial charge in [0.05, 0.1) is 0 Å². The summed E-state index contributed by atoms with van der Waals surface area (Å²) in [4.78, 5) is 0. The summed E-state index contributed by atoms with van der Waals surface area (Å²) in [6.07, 6.45) is 3.39. The van der Waals surface area contributed by atoms with Crippen LogP contribution in [0.5, 0.6) is 0 Å². The molecular formula is C13H22N2O2S3. The van der Waals surface area contributed by atoms with E-state index < -0.39 is 10.0 Å². The van der Waals surface area contributed by atoms with Crippen molar-refractivity contribution < 1.29 is 8.42 Å². The molecule has 1 aliphatic rings. The average Bonchev–Trinajstić information content (AvgIpc) is 3.08. The number of hydrogen-bond acceptors (Lipinski definition) is 5. The van der Waals surface area contributed by atoms with E-state index in [9.17, 15) is 8.42 Å². The number of rotatable bonds is 8. The van der Waals surface area contributed by atoms with Gasteiger partial charge in [-0.15, -0.1) is 11.3 Å². The van der Waals surface area contributed by atoms with Crippen molar-refractivity contribution >= 4 is 33.1 Å². The molecule has 20 heavy (non-hydrogen) atoms. The zero-order valence-electron chi connectivity index (χ0n) is 11.7. The molecule has 0 amide bonds. The molecule has 0 bridgehead atoms. The van der Waals surface area contributed by atoms with E-state index in [1.54, 1.807) is 6.07 Å². The molecule has 1 fully saturated rings. The summed E-state index contributed by atoms with van der Waals surface area (Å²) in [7, 11) is -3.33. The molecule has 4 nitrogen and oxygen atoms in total. The Balaban J connectivity index is 1.88. The van der Waals surface area contributed by atoms with Gasteiger partial charge in [-0.2, -0.15) is 11.8 Å². The van der Waals surface area contributed by atoms with Crippen molar-refractivity contribution in [2.75, 3.05) is 18.8 Å². The minimum atomic E-state index is -3.33. The van der Waals surface area contributed by atoms with Gasteiger partial charge in [0.25, 0.3) is 0 Å². The van der Waals surface area contributed by atoms with Crippen molar-refractivity contribution in [1.29, 1.82) is 0 Å². The zero-order valence-corrected chi connectivity index (χ0v) is 14.2. The minimum absolute atomic E-state index is 0.425. The molecule has 0 saturated carbocycles. The highest BCUT2D eigenvalue weighted by Gasteiger charge is 2.21. The Morgan fingerprint density at radius 2 is 2.30 bits per heavy atom. The molecule has 1 aromatic heterocycles. The molecule has 1 aliphatic heterocycles. The number of nitrogens with one attached hydrogen (secondary N) is 2. The largest absolute Gasteiger partial charge is 0.313 e. The highest BCUT2D eigenvalue weighted by Crippen LogP contribution is 2.26. The van der Waals surface area contributed by atoms with Crippen molar-refractivity contribution in [2.45, 2.75) is 42.2 Å². The molecule has 2 heterocycles. The van der Waals surface area contributed by atoms with Gasteiger partial charge in [0.15, 0.2) is 0 Å². The van der Waals surface area contributed by atoms with Crippen molar-refractivity contribution in [3.05, 3.63) is 17.0 Å². The second kappa shape index (κ2) is 7.79. The van der Waals surface area contributed by atoms with Gasteiger partial charge >= 0.3 is 0 Å². The first kappa shape index (κ1) is 16.3. The molecule has 7 heteroatoms. The highest BCUT2D eigenvalue weighted by molar-refractivity contribution is 8.00. The topological polar surface area (TPSA) is 58.2 Å². The Bertz CT molecular complexity index is 507. The van der Waals surface area contributed by atoms with E-state index in [2.05, 4.69) is 17.0 Å². The van der Waals surface area contributed by atoms with Crippen LogP contribution in [0.25, 0.3) is 0 Å². The monoisotopic (exact) mass is 334 g/mol. The molecule has 0 spiro atoms. The van der Waals surface area contributed by atoms with Crippen LogP contribution < -0.4 is 10.0 Å². The van der Waals surface area contributed by atoms with Crippen LogP contribution in [0.4, 0.5) is 0 Å². The van der Waals surface area contributed by atoms with E-state index in [1.807, 2.05) is 17.1 Å². The van der Waals surface area contributed by atoms with Gasteiger partial charge in [-0.05, 0) is 48.6 Å². The second-order valence-electron chi connectivity index (χ2n) is 4.94.